The number of fused-ring (bicyclic) bond motifs is 1. The molecule has 0 radical (unpaired) electrons. The van der Waals surface area contributed by atoms with E-state index in [1.165, 1.54) is 12.1 Å². The number of hydrogen-bond acceptors (Lipinski definition) is 8. The molecule has 0 saturated heterocycles. The largest absolute Gasteiger partial charge is 0.491 e. The molecular weight excluding hydrogens is 513 g/mol. The number of benzene rings is 3. The summed E-state index contributed by atoms with van der Waals surface area (Å²) in [7, 11) is 0. The molecule has 0 fully saturated rings. The second-order valence-corrected chi connectivity index (χ2v) is 9.63. The van der Waals surface area contributed by atoms with Gasteiger partial charge >= 0.3 is 0 Å². The van der Waals surface area contributed by atoms with Crippen LogP contribution in [0.2, 0.25) is 0 Å². The van der Waals surface area contributed by atoms with E-state index in [-0.39, 0.29) is 19.2 Å². The summed E-state index contributed by atoms with van der Waals surface area (Å²) in [4.78, 5) is 4.23. The van der Waals surface area contributed by atoms with E-state index in [1.54, 1.807) is 12.1 Å². The average molecular weight is 548 g/mol. The Morgan fingerprint density at radius 2 is 1.70 bits per heavy atom. The fourth-order valence-electron chi connectivity index (χ4n) is 4.80. The Bertz CT molecular complexity index is 1380. The Morgan fingerprint density at radius 3 is 2.45 bits per heavy atom. The van der Waals surface area contributed by atoms with Gasteiger partial charge in [0.2, 0.25) is 12.7 Å². The molecule has 1 N–H and O–H groups in total. The molecule has 1 unspecified atom stereocenters. The number of ether oxygens (including phenoxy) is 3. The van der Waals surface area contributed by atoms with Crippen molar-refractivity contribution in [3.8, 4) is 28.5 Å². The van der Waals surface area contributed by atoms with Gasteiger partial charge in [-0.15, -0.1) is 0 Å². The van der Waals surface area contributed by atoms with Gasteiger partial charge in [-0.05, 0) is 67.9 Å². The van der Waals surface area contributed by atoms with Crippen molar-refractivity contribution >= 4 is 5.88 Å². The van der Waals surface area contributed by atoms with Gasteiger partial charge in [0, 0.05) is 38.3 Å². The molecule has 0 spiro atoms. The summed E-state index contributed by atoms with van der Waals surface area (Å²) in [6.07, 6.45) is -0.764. The normalized spacial score (nSPS) is 13.0. The van der Waals surface area contributed by atoms with Crippen LogP contribution in [0.25, 0.3) is 11.3 Å². The minimum absolute atomic E-state index is 0.138. The predicted molar refractivity (Wildman–Crippen MR) is 150 cm³/mol. The standard InChI is InChI=1S/C31H34FN3O5/c1-3-35(4-2)31-27(30(33-40-31)23-11-13-24(32)14-12-23)19-34(17-22-10-15-28-29(16-22)39-21-38-28)18-25(36)20-37-26-8-6-5-7-9-26/h5-16,25,36H,3-4,17-21H2,1-2H3. The molecule has 8 nitrogen and oxygen atoms in total. The first-order valence-corrected chi connectivity index (χ1v) is 13.5. The maximum absolute atomic E-state index is 13.7. The van der Waals surface area contributed by atoms with Gasteiger partial charge in [0.15, 0.2) is 11.5 Å². The molecule has 1 atom stereocenters. The van der Waals surface area contributed by atoms with Crippen LogP contribution in [-0.4, -0.2) is 54.3 Å². The van der Waals surface area contributed by atoms with Gasteiger partial charge in [-0.3, -0.25) is 4.90 Å². The fraction of sp³-hybridized carbons (Fsp3) is 0.323. The average Bonchev–Trinajstić information content (AvgIpc) is 3.61. The van der Waals surface area contributed by atoms with Crippen LogP contribution in [0.1, 0.15) is 25.0 Å². The van der Waals surface area contributed by atoms with Crippen LogP contribution < -0.4 is 19.1 Å². The molecule has 3 aromatic carbocycles. The lowest BCUT2D eigenvalue weighted by Crippen LogP contribution is -2.35. The van der Waals surface area contributed by atoms with Gasteiger partial charge < -0.3 is 28.7 Å². The van der Waals surface area contributed by atoms with E-state index < -0.39 is 6.10 Å². The molecule has 9 heteroatoms. The van der Waals surface area contributed by atoms with E-state index in [2.05, 4.69) is 28.8 Å². The Morgan fingerprint density at radius 1 is 0.950 bits per heavy atom. The first-order valence-electron chi connectivity index (χ1n) is 13.5. The lowest BCUT2D eigenvalue weighted by Gasteiger charge is -2.27. The lowest BCUT2D eigenvalue weighted by atomic mass is 10.1. The van der Waals surface area contributed by atoms with Crippen molar-refractivity contribution in [1.82, 2.24) is 10.1 Å². The zero-order chi connectivity index (χ0) is 27.9. The predicted octanol–water partition coefficient (Wildman–Crippen LogP) is 5.50. The molecule has 2 heterocycles. The van der Waals surface area contributed by atoms with E-state index >= 15 is 0 Å². The molecular formula is C31H34FN3O5. The highest BCUT2D eigenvalue weighted by Gasteiger charge is 2.25. The molecule has 0 amide bonds. The summed E-state index contributed by atoms with van der Waals surface area (Å²) in [5.41, 5.74) is 3.28. The first-order chi connectivity index (χ1) is 19.5. The number of para-hydroxylation sites is 1. The third-order valence-electron chi connectivity index (χ3n) is 6.82. The SMILES string of the molecule is CCN(CC)c1onc(-c2ccc(F)cc2)c1CN(Cc1ccc2c(c1)OCO2)CC(O)COc1ccccc1. The van der Waals surface area contributed by atoms with Gasteiger partial charge in [-0.1, -0.05) is 29.4 Å². The molecule has 0 aliphatic carbocycles. The Hall–Kier alpha value is -4.08. The number of anilines is 1. The number of halogens is 1. The quantitative estimate of drug-likeness (QED) is 0.235. The third kappa shape index (κ3) is 6.55. The van der Waals surface area contributed by atoms with E-state index in [1.807, 2.05) is 48.5 Å². The topological polar surface area (TPSA) is 80.4 Å². The van der Waals surface area contributed by atoms with Crippen molar-refractivity contribution in [1.29, 1.82) is 0 Å². The molecule has 0 saturated carbocycles. The van der Waals surface area contributed by atoms with Gasteiger partial charge in [-0.25, -0.2) is 4.39 Å². The lowest BCUT2D eigenvalue weighted by molar-refractivity contribution is 0.0628. The van der Waals surface area contributed by atoms with Crippen molar-refractivity contribution in [2.75, 3.05) is 37.9 Å². The monoisotopic (exact) mass is 547 g/mol. The van der Waals surface area contributed by atoms with Crippen LogP contribution in [0.5, 0.6) is 17.2 Å². The molecule has 0 bridgehead atoms. The number of aliphatic hydroxyl groups is 1. The number of aliphatic hydroxyl groups excluding tert-OH is 1. The van der Waals surface area contributed by atoms with Gasteiger partial charge in [0.1, 0.15) is 30.0 Å². The Balaban J connectivity index is 1.43. The molecule has 1 aliphatic heterocycles. The minimum atomic E-state index is -0.764. The Kier molecular flexibility index (Phi) is 8.83. The number of rotatable bonds is 13. The summed E-state index contributed by atoms with van der Waals surface area (Å²) in [6.45, 7) is 7.20. The zero-order valence-corrected chi connectivity index (χ0v) is 22.8. The van der Waals surface area contributed by atoms with Crippen molar-refractivity contribution < 1.29 is 28.2 Å². The van der Waals surface area contributed by atoms with E-state index in [4.69, 9.17) is 18.7 Å². The van der Waals surface area contributed by atoms with Crippen LogP contribution in [0.4, 0.5) is 10.3 Å². The summed E-state index contributed by atoms with van der Waals surface area (Å²) in [5, 5.41) is 15.4. The molecule has 5 rings (SSSR count). The van der Waals surface area contributed by atoms with Crippen LogP contribution in [0.15, 0.2) is 77.3 Å². The number of aromatic nitrogens is 1. The highest BCUT2D eigenvalue weighted by molar-refractivity contribution is 5.68. The molecule has 40 heavy (non-hydrogen) atoms. The van der Waals surface area contributed by atoms with Crippen molar-refractivity contribution in [3.63, 3.8) is 0 Å². The molecule has 1 aliphatic rings. The van der Waals surface area contributed by atoms with Gasteiger partial charge in [0.05, 0.1) is 5.56 Å². The summed E-state index contributed by atoms with van der Waals surface area (Å²) < 4.78 is 36.5. The van der Waals surface area contributed by atoms with Gasteiger partial charge in [0.25, 0.3) is 0 Å². The van der Waals surface area contributed by atoms with Crippen molar-refractivity contribution in [2.24, 2.45) is 0 Å². The zero-order valence-electron chi connectivity index (χ0n) is 22.8. The van der Waals surface area contributed by atoms with E-state index in [9.17, 15) is 9.50 Å². The summed E-state index contributed by atoms with van der Waals surface area (Å²) in [6, 6.07) is 21.5. The first kappa shape index (κ1) is 27.5. The number of hydrogen-bond donors (Lipinski definition) is 1. The summed E-state index contributed by atoms with van der Waals surface area (Å²) in [5.74, 6) is 2.46. The summed E-state index contributed by atoms with van der Waals surface area (Å²) >= 11 is 0. The van der Waals surface area contributed by atoms with Gasteiger partial charge in [-0.2, -0.15) is 0 Å². The second-order valence-electron chi connectivity index (χ2n) is 9.63. The minimum Gasteiger partial charge on any atom is -0.491 e. The van der Waals surface area contributed by atoms with E-state index in [0.717, 1.165) is 29.8 Å². The second kappa shape index (κ2) is 12.8. The molecule has 1 aromatic heterocycles. The number of nitrogens with zero attached hydrogens (tertiary/aromatic N) is 3. The molecule has 4 aromatic rings. The van der Waals surface area contributed by atoms with Crippen LogP contribution in [0, 0.1) is 5.82 Å². The molecule has 210 valence electrons. The highest BCUT2D eigenvalue weighted by atomic mass is 19.1. The maximum Gasteiger partial charge on any atom is 0.232 e. The van der Waals surface area contributed by atoms with Crippen LogP contribution in [-0.2, 0) is 13.1 Å². The smallest absolute Gasteiger partial charge is 0.232 e. The van der Waals surface area contributed by atoms with Crippen LogP contribution >= 0.6 is 0 Å². The van der Waals surface area contributed by atoms with Crippen molar-refractivity contribution in [2.45, 2.75) is 33.0 Å². The van der Waals surface area contributed by atoms with E-state index in [0.29, 0.717) is 48.5 Å². The Labute approximate surface area is 233 Å². The third-order valence-corrected chi connectivity index (χ3v) is 6.82. The van der Waals surface area contributed by atoms with Crippen LogP contribution in [0.3, 0.4) is 0 Å². The fourth-order valence-corrected chi connectivity index (χ4v) is 4.80. The maximum atomic E-state index is 13.7. The highest BCUT2D eigenvalue weighted by Crippen LogP contribution is 2.35. The van der Waals surface area contributed by atoms with Crippen molar-refractivity contribution in [3.05, 3.63) is 89.7 Å².